The highest BCUT2D eigenvalue weighted by Gasteiger charge is 2.23. The van der Waals surface area contributed by atoms with Crippen molar-refractivity contribution < 1.29 is 13.2 Å². The first-order valence-electron chi connectivity index (χ1n) is 11.8. The summed E-state index contributed by atoms with van der Waals surface area (Å²) in [6.07, 6.45) is 0. The van der Waals surface area contributed by atoms with Gasteiger partial charge in [-0.05, 0) is 66.8 Å². The number of hydrogen-bond acceptors (Lipinski definition) is 3. The zero-order valence-electron chi connectivity index (χ0n) is 20.7. The minimum Gasteiger partial charge on any atom is -0.330 e. The number of amides is 1. The lowest BCUT2D eigenvalue weighted by Crippen LogP contribution is -2.30. The molecule has 5 nitrogen and oxygen atoms in total. The van der Waals surface area contributed by atoms with Crippen LogP contribution in [-0.2, 0) is 23.1 Å². The van der Waals surface area contributed by atoms with Crippen molar-refractivity contribution in [1.29, 1.82) is 0 Å². The van der Waals surface area contributed by atoms with Gasteiger partial charge < -0.3 is 4.90 Å². The summed E-state index contributed by atoms with van der Waals surface area (Å²) < 4.78 is 29.5. The minimum atomic E-state index is -3.90. The fourth-order valence-corrected chi connectivity index (χ4v) is 5.45. The van der Waals surface area contributed by atoms with Gasteiger partial charge in [-0.15, -0.1) is 0 Å². The molecule has 4 rings (SSSR count). The quantitative estimate of drug-likeness (QED) is 0.312. The molecule has 36 heavy (non-hydrogen) atoms. The van der Waals surface area contributed by atoms with Crippen molar-refractivity contribution in [3.8, 4) is 0 Å². The van der Waals surface area contributed by atoms with Crippen LogP contribution in [-0.4, -0.2) is 19.2 Å². The maximum absolute atomic E-state index is 13.7. The molecule has 0 unspecified atom stereocenters. The highest BCUT2D eigenvalue weighted by Crippen LogP contribution is 2.25. The Morgan fingerprint density at radius 1 is 0.722 bits per heavy atom. The number of sulfonamides is 1. The van der Waals surface area contributed by atoms with Gasteiger partial charge in [0.1, 0.15) is 0 Å². The van der Waals surface area contributed by atoms with Gasteiger partial charge in [0.15, 0.2) is 0 Å². The van der Waals surface area contributed by atoms with Crippen molar-refractivity contribution in [3.05, 3.63) is 130 Å². The third-order valence-electron chi connectivity index (χ3n) is 6.08. The molecule has 0 spiro atoms. The molecule has 0 aliphatic heterocycles. The summed E-state index contributed by atoms with van der Waals surface area (Å²) in [7, 11) is -3.90. The summed E-state index contributed by atoms with van der Waals surface area (Å²) in [6, 6.07) is 30.0. The summed E-state index contributed by atoms with van der Waals surface area (Å²) in [5.74, 6) is -0.231. The van der Waals surface area contributed by atoms with E-state index in [4.69, 9.17) is 0 Å². The van der Waals surface area contributed by atoms with Gasteiger partial charge >= 0.3 is 0 Å². The molecule has 0 bridgehead atoms. The van der Waals surface area contributed by atoms with Crippen LogP contribution in [0.4, 0.5) is 5.69 Å². The van der Waals surface area contributed by atoms with Crippen LogP contribution in [0.2, 0.25) is 0 Å². The molecule has 4 aromatic carbocycles. The van der Waals surface area contributed by atoms with E-state index in [0.717, 1.165) is 22.3 Å². The highest BCUT2D eigenvalue weighted by molar-refractivity contribution is 7.92. The standard InChI is InChI=1S/C30H30N2O3S/c1-22-14-15-23(2)28(18-22)31-36(34,35)29-19-27(17-16-24(29)3)30(33)32(20-25-10-6-4-7-11-25)21-26-12-8-5-9-13-26/h4-19,31H,20-21H2,1-3H3. The first kappa shape index (κ1) is 25.2. The molecular formula is C30H30N2O3S. The van der Waals surface area contributed by atoms with Gasteiger partial charge in [-0.2, -0.15) is 0 Å². The Labute approximate surface area is 213 Å². The first-order valence-corrected chi connectivity index (χ1v) is 13.3. The second-order valence-electron chi connectivity index (χ2n) is 9.04. The van der Waals surface area contributed by atoms with Crippen LogP contribution in [0.1, 0.15) is 38.2 Å². The predicted octanol–water partition coefficient (Wildman–Crippen LogP) is 6.26. The molecule has 0 saturated heterocycles. The Balaban J connectivity index is 1.67. The van der Waals surface area contributed by atoms with E-state index in [9.17, 15) is 13.2 Å². The van der Waals surface area contributed by atoms with Gasteiger partial charge in [-0.3, -0.25) is 9.52 Å². The number of nitrogens with zero attached hydrogens (tertiary/aromatic N) is 1. The molecule has 0 aromatic heterocycles. The Bertz CT molecular complexity index is 1430. The lowest BCUT2D eigenvalue weighted by molar-refractivity contribution is 0.0729. The molecule has 1 N–H and O–H groups in total. The van der Waals surface area contributed by atoms with E-state index < -0.39 is 10.0 Å². The van der Waals surface area contributed by atoms with E-state index in [1.165, 1.54) is 6.07 Å². The van der Waals surface area contributed by atoms with Crippen LogP contribution in [0, 0.1) is 20.8 Å². The van der Waals surface area contributed by atoms with E-state index in [0.29, 0.717) is 29.9 Å². The van der Waals surface area contributed by atoms with Crippen LogP contribution in [0.15, 0.2) is 102 Å². The van der Waals surface area contributed by atoms with Gasteiger partial charge in [0.25, 0.3) is 15.9 Å². The molecule has 0 aliphatic carbocycles. The molecule has 1 amide bonds. The molecule has 0 saturated carbocycles. The third-order valence-corrected chi connectivity index (χ3v) is 7.59. The molecule has 4 aromatic rings. The van der Waals surface area contributed by atoms with Crippen LogP contribution in [0.3, 0.4) is 0 Å². The SMILES string of the molecule is Cc1ccc(C)c(NS(=O)(=O)c2cc(C(=O)N(Cc3ccccc3)Cc3ccccc3)ccc2C)c1. The lowest BCUT2D eigenvalue weighted by atomic mass is 10.1. The van der Waals surface area contributed by atoms with Gasteiger partial charge in [-0.25, -0.2) is 8.42 Å². The molecule has 0 radical (unpaired) electrons. The summed E-state index contributed by atoms with van der Waals surface area (Å²) in [5.41, 5.74) is 5.20. The molecular weight excluding hydrogens is 468 g/mol. The number of carbonyl (C=O) groups is 1. The van der Waals surface area contributed by atoms with Crippen LogP contribution in [0.25, 0.3) is 0 Å². The number of hydrogen-bond donors (Lipinski definition) is 1. The van der Waals surface area contributed by atoms with Gasteiger partial charge in [0.05, 0.1) is 10.6 Å². The fraction of sp³-hybridized carbons (Fsp3) is 0.167. The predicted molar refractivity (Wildman–Crippen MR) is 144 cm³/mol. The van der Waals surface area contributed by atoms with Crippen LogP contribution < -0.4 is 4.72 Å². The average Bonchev–Trinajstić information content (AvgIpc) is 2.87. The van der Waals surface area contributed by atoms with Crippen molar-refractivity contribution in [1.82, 2.24) is 4.90 Å². The Morgan fingerprint density at radius 2 is 1.28 bits per heavy atom. The fourth-order valence-electron chi connectivity index (χ4n) is 4.06. The Morgan fingerprint density at radius 3 is 1.86 bits per heavy atom. The number of carbonyl (C=O) groups excluding carboxylic acids is 1. The van der Waals surface area contributed by atoms with Crippen molar-refractivity contribution in [2.24, 2.45) is 0 Å². The maximum Gasteiger partial charge on any atom is 0.262 e. The Hall–Kier alpha value is -3.90. The number of anilines is 1. The van der Waals surface area contributed by atoms with E-state index >= 15 is 0 Å². The van der Waals surface area contributed by atoms with E-state index in [-0.39, 0.29) is 10.8 Å². The second-order valence-corrected chi connectivity index (χ2v) is 10.7. The number of rotatable bonds is 8. The van der Waals surface area contributed by atoms with Crippen molar-refractivity contribution >= 4 is 21.6 Å². The second kappa shape index (κ2) is 10.8. The Kier molecular flexibility index (Phi) is 7.55. The molecule has 0 fully saturated rings. The summed E-state index contributed by atoms with van der Waals surface area (Å²) in [5, 5.41) is 0. The van der Waals surface area contributed by atoms with Crippen LogP contribution in [0.5, 0.6) is 0 Å². The summed E-state index contributed by atoms with van der Waals surface area (Å²) in [6.45, 7) is 6.32. The van der Waals surface area contributed by atoms with Gasteiger partial charge in [0.2, 0.25) is 0 Å². The monoisotopic (exact) mass is 498 g/mol. The van der Waals surface area contributed by atoms with Crippen molar-refractivity contribution in [3.63, 3.8) is 0 Å². The topological polar surface area (TPSA) is 66.5 Å². The lowest BCUT2D eigenvalue weighted by Gasteiger charge is -2.24. The third kappa shape index (κ3) is 6.01. The summed E-state index contributed by atoms with van der Waals surface area (Å²) >= 11 is 0. The number of aryl methyl sites for hydroxylation is 3. The maximum atomic E-state index is 13.7. The zero-order valence-corrected chi connectivity index (χ0v) is 21.5. The van der Waals surface area contributed by atoms with E-state index in [2.05, 4.69) is 4.72 Å². The molecule has 0 aliphatic rings. The van der Waals surface area contributed by atoms with E-state index in [1.54, 1.807) is 30.0 Å². The average molecular weight is 499 g/mol. The van der Waals surface area contributed by atoms with Crippen molar-refractivity contribution in [2.45, 2.75) is 38.8 Å². The molecule has 0 heterocycles. The molecule has 184 valence electrons. The summed E-state index contributed by atoms with van der Waals surface area (Å²) in [4.78, 5) is 15.5. The van der Waals surface area contributed by atoms with Crippen molar-refractivity contribution in [2.75, 3.05) is 4.72 Å². The molecule has 6 heteroatoms. The van der Waals surface area contributed by atoms with Gasteiger partial charge in [0, 0.05) is 18.7 Å². The van der Waals surface area contributed by atoms with E-state index in [1.807, 2.05) is 86.6 Å². The highest BCUT2D eigenvalue weighted by atomic mass is 32.2. The normalized spacial score (nSPS) is 11.2. The zero-order chi connectivity index (χ0) is 25.7. The van der Waals surface area contributed by atoms with Gasteiger partial charge in [-0.1, -0.05) is 78.9 Å². The minimum absolute atomic E-state index is 0.0913. The first-order chi connectivity index (χ1) is 17.2. The largest absolute Gasteiger partial charge is 0.330 e. The number of benzene rings is 4. The molecule has 0 atom stereocenters. The van der Waals surface area contributed by atoms with Crippen LogP contribution >= 0.6 is 0 Å². The smallest absolute Gasteiger partial charge is 0.262 e. The number of nitrogens with one attached hydrogen (secondary N) is 1.